The Bertz CT molecular complexity index is 484. The number of carboxylic acid groups (broad SMARTS) is 1. The van der Waals surface area contributed by atoms with Gasteiger partial charge in [0.25, 0.3) is 0 Å². The summed E-state index contributed by atoms with van der Waals surface area (Å²) in [6.07, 6.45) is -6.60. The zero-order chi connectivity index (χ0) is 15.3. The average molecular weight is 291 g/mol. The van der Waals surface area contributed by atoms with E-state index >= 15 is 0 Å². The van der Waals surface area contributed by atoms with Crippen molar-refractivity contribution in [2.75, 3.05) is 0 Å². The van der Waals surface area contributed by atoms with E-state index in [1.54, 1.807) is 0 Å². The molecule has 0 spiro atoms. The van der Waals surface area contributed by atoms with Crippen LogP contribution in [-0.2, 0) is 16.0 Å². The highest BCUT2D eigenvalue weighted by Gasteiger charge is 2.36. The number of carbonyl (C=O) groups excluding carboxylic acids is 1. The van der Waals surface area contributed by atoms with Gasteiger partial charge < -0.3 is 15.5 Å². The number of amides is 1. The summed E-state index contributed by atoms with van der Waals surface area (Å²) in [5.74, 6) is -2.61. The Morgan fingerprint density at radius 3 is 2.20 bits per heavy atom. The molecule has 0 aromatic heterocycles. The van der Waals surface area contributed by atoms with Crippen molar-refractivity contribution in [2.45, 2.75) is 25.1 Å². The predicted octanol–water partition coefficient (Wildman–Crippen LogP) is 1.46. The molecule has 1 aromatic carbocycles. The summed E-state index contributed by atoms with van der Waals surface area (Å²) in [6.45, 7) is 0. The van der Waals surface area contributed by atoms with Crippen LogP contribution in [0.2, 0.25) is 0 Å². The number of nitrogens with one attached hydrogen (secondary N) is 1. The van der Waals surface area contributed by atoms with Gasteiger partial charge in [0.05, 0.1) is 12.8 Å². The smallest absolute Gasteiger partial charge is 0.391 e. The number of aromatic hydroxyl groups is 1. The minimum absolute atomic E-state index is 0.0188. The largest absolute Gasteiger partial charge is 0.508 e. The fraction of sp³-hybridized carbons (Fsp3) is 0.333. The molecule has 0 bridgehead atoms. The normalized spacial score (nSPS) is 12.8. The first-order chi connectivity index (χ1) is 9.17. The summed E-state index contributed by atoms with van der Waals surface area (Å²) in [7, 11) is 0. The number of carbonyl (C=O) groups is 2. The lowest BCUT2D eigenvalue weighted by Gasteiger charge is -2.16. The van der Waals surface area contributed by atoms with E-state index in [4.69, 9.17) is 10.2 Å². The first-order valence-electron chi connectivity index (χ1n) is 5.54. The Labute approximate surface area is 112 Å². The van der Waals surface area contributed by atoms with Gasteiger partial charge in [0, 0.05) is 0 Å². The van der Waals surface area contributed by atoms with E-state index in [2.05, 4.69) is 0 Å². The summed E-state index contributed by atoms with van der Waals surface area (Å²) < 4.78 is 36.4. The first kappa shape index (κ1) is 15.8. The standard InChI is InChI=1S/C12H12F3NO4/c13-12(14,15)6-9(11(19)20)16-10(18)5-7-1-3-8(17)4-2-7/h1-4,9,17H,5-6H2,(H,16,18)(H,19,20). The molecule has 0 saturated heterocycles. The van der Waals surface area contributed by atoms with Crippen molar-refractivity contribution in [3.63, 3.8) is 0 Å². The van der Waals surface area contributed by atoms with Crippen LogP contribution in [0.5, 0.6) is 5.75 Å². The van der Waals surface area contributed by atoms with E-state index < -0.39 is 30.5 Å². The lowest BCUT2D eigenvalue weighted by Crippen LogP contribution is -2.44. The van der Waals surface area contributed by atoms with E-state index in [0.29, 0.717) is 5.56 Å². The van der Waals surface area contributed by atoms with Crippen molar-refractivity contribution in [1.82, 2.24) is 5.32 Å². The van der Waals surface area contributed by atoms with Crippen LogP contribution in [0.1, 0.15) is 12.0 Å². The van der Waals surface area contributed by atoms with Crippen LogP contribution >= 0.6 is 0 Å². The summed E-state index contributed by atoms with van der Waals surface area (Å²) in [5.41, 5.74) is 0.441. The van der Waals surface area contributed by atoms with E-state index in [1.807, 2.05) is 5.32 Å². The molecule has 0 aliphatic heterocycles. The summed E-state index contributed by atoms with van der Waals surface area (Å²) in [5, 5.41) is 19.5. The molecule has 3 N–H and O–H groups in total. The Balaban J connectivity index is 2.62. The van der Waals surface area contributed by atoms with Gasteiger partial charge >= 0.3 is 12.1 Å². The third-order valence-corrected chi connectivity index (χ3v) is 2.37. The van der Waals surface area contributed by atoms with Gasteiger partial charge in [-0.25, -0.2) is 4.79 Å². The second kappa shape index (κ2) is 6.27. The quantitative estimate of drug-likeness (QED) is 0.766. The first-order valence-corrected chi connectivity index (χ1v) is 5.54. The number of rotatable bonds is 5. The number of phenols is 1. The zero-order valence-electron chi connectivity index (χ0n) is 10.1. The van der Waals surface area contributed by atoms with Gasteiger partial charge in [0.1, 0.15) is 11.8 Å². The molecule has 0 radical (unpaired) electrons. The molecule has 0 aliphatic rings. The van der Waals surface area contributed by atoms with Crippen molar-refractivity contribution in [3.05, 3.63) is 29.8 Å². The Morgan fingerprint density at radius 1 is 1.20 bits per heavy atom. The van der Waals surface area contributed by atoms with Crippen molar-refractivity contribution in [3.8, 4) is 5.75 Å². The van der Waals surface area contributed by atoms with Gasteiger partial charge in [0.2, 0.25) is 5.91 Å². The van der Waals surface area contributed by atoms with Crippen LogP contribution < -0.4 is 5.32 Å². The molecule has 20 heavy (non-hydrogen) atoms. The summed E-state index contributed by atoms with van der Waals surface area (Å²) in [4.78, 5) is 22.2. The molecular weight excluding hydrogens is 279 g/mol. The Kier molecular flexibility index (Phi) is 4.95. The minimum Gasteiger partial charge on any atom is -0.508 e. The molecular formula is C12H12F3NO4. The van der Waals surface area contributed by atoms with Gasteiger partial charge in [-0.3, -0.25) is 4.79 Å². The maximum atomic E-state index is 12.1. The molecule has 8 heteroatoms. The predicted molar refractivity (Wildman–Crippen MR) is 62.0 cm³/mol. The molecule has 1 rings (SSSR count). The maximum Gasteiger partial charge on any atom is 0.391 e. The zero-order valence-corrected chi connectivity index (χ0v) is 10.1. The van der Waals surface area contributed by atoms with Gasteiger partial charge in [0.15, 0.2) is 0 Å². The lowest BCUT2D eigenvalue weighted by atomic mass is 10.1. The summed E-state index contributed by atoms with van der Waals surface area (Å²) in [6, 6.07) is 3.43. The third kappa shape index (κ3) is 5.59. The molecule has 0 heterocycles. The maximum absolute atomic E-state index is 12.1. The van der Waals surface area contributed by atoms with Gasteiger partial charge in [-0.1, -0.05) is 12.1 Å². The second-order valence-electron chi connectivity index (χ2n) is 4.12. The summed E-state index contributed by atoms with van der Waals surface area (Å²) >= 11 is 0. The highest BCUT2D eigenvalue weighted by molar-refractivity contribution is 5.84. The third-order valence-electron chi connectivity index (χ3n) is 2.37. The number of halogens is 3. The van der Waals surface area contributed by atoms with Crippen molar-refractivity contribution >= 4 is 11.9 Å². The molecule has 1 unspecified atom stereocenters. The van der Waals surface area contributed by atoms with Crippen molar-refractivity contribution < 1.29 is 33.0 Å². The molecule has 0 aliphatic carbocycles. The van der Waals surface area contributed by atoms with E-state index in [0.717, 1.165) is 0 Å². The van der Waals surface area contributed by atoms with Gasteiger partial charge in [-0.15, -0.1) is 0 Å². The lowest BCUT2D eigenvalue weighted by molar-refractivity contribution is -0.159. The Morgan fingerprint density at radius 2 is 1.75 bits per heavy atom. The number of hydrogen-bond donors (Lipinski definition) is 3. The Hall–Kier alpha value is -2.25. The monoisotopic (exact) mass is 291 g/mol. The number of hydrogen-bond acceptors (Lipinski definition) is 3. The molecule has 110 valence electrons. The van der Waals surface area contributed by atoms with Crippen molar-refractivity contribution in [2.24, 2.45) is 0 Å². The second-order valence-corrected chi connectivity index (χ2v) is 4.12. The van der Waals surface area contributed by atoms with Gasteiger partial charge in [-0.2, -0.15) is 13.2 Å². The fourth-order valence-corrected chi connectivity index (χ4v) is 1.48. The SMILES string of the molecule is O=C(Cc1ccc(O)cc1)NC(CC(F)(F)F)C(=O)O. The highest BCUT2D eigenvalue weighted by Crippen LogP contribution is 2.21. The van der Waals surface area contributed by atoms with Crippen LogP contribution in [0.3, 0.4) is 0 Å². The van der Waals surface area contributed by atoms with E-state index in [-0.39, 0.29) is 12.2 Å². The number of benzene rings is 1. The minimum atomic E-state index is -4.69. The molecule has 5 nitrogen and oxygen atoms in total. The molecule has 1 amide bonds. The topological polar surface area (TPSA) is 86.6 Å². The van der Waals surface area contributed by atoms with Crippen LogP contribution in [-0.4, -0.2) is 34.3 Å². The number of aliphatic carboxylic acids is 1. The van der Waals surface area contributed by atoms with Gasteiger partial charge in [-0.05, 0) is 17.7 Å². The molecule has 0 fully saturated rings. The molecule has 0 saturated carbocycles. The fourth-order valence-electron chi connectivity index (χ4n) is 1.48. The highest BCUT2D eigenvalue weighted by atomic mass is 19.4. The molecule has 1 aromatic rings. The van der Waals surface area contributed by atoms with Crippen molar-refractivity contribution in [1.29, 1.82) is 0 Å². The number of carboxylic acids is 1. The van der Waals surface area contributed by atoms with E-state index in [9.17, 15) is 22.8 Å². The van der Waals surface area contributed by atoms with Crippen LogP contribution in [0.4, 0.5) is 13.2 Å². The van der Waals surface area contributed by atoms with E-state index in [1.165, 1.54) is 24.3 Å². The number of alkyl halides is 3. The number of phenolic OH excluding ortho intramolecular Hbond substituents is 1. The molecule has 1 atom stereocenters. The van der Waals surface area contributed by atoms with Crippen LogP contribution in [0.25, 0.3) is 0 Å². The van der Waals surface area contributed by atoms with Crippen LogP contribution in [0, 0.1) is 0 Å². The average Bonchev–Trinajstić information content (AvgIpc) is 2.29. The van der Waals surface area contributed by atoms with Crippen LogP contribution in [0.15, 0.2) is 24.3 Å².